The Morgan fingerprint density at radius 3 is 2.86 bits per heavy atom. The number of piperidine rings is 1. The number of benzene rings is 1. The minimum atomic E-state index is -0.235. The van der Waals surface area contributed by atoms with E-state index in [9.17, 15) is 5.11 Å². The molecule has 6 heteroatoms. The lowest BCUT2D eigenvalue weighted by molar-refractivity contribution is 0.0290. The van der Waals surface area contributed by atoms with E-state index in [2.05, 4.69) is 22.0 Å². The summed E-state index contributed by atoms with van der Waals surface area (Å²) in [5.41, 5.74) is 0.890. The Kier molecular flexibility index (Phi) is 4.76. The number of aliphatic hydroxyl groups is 1. The SMILES string of the molecule is CC1CCN(CCc2nc(-c3ccc(Cl)cc3)no2)CC1O. The van der Waals surface area contributed by atoms with Crippen LogP contribution in [-0.4, -0.2) is 45.9 Å². The summed E-state index contributed by atoms with van der Waals surface area (Å²) in [5.74, 6) is 1.59. The van der Waals surface area contributed by atoms with Crippen molar-refractivity contribution in [3.63, 3.8) is 0 Å². The second-order valence-electron chi connectivity index (χ2n) is 5.90. The largest absolute Gasteiger partial charge is 0.392 e. The van der Waals surface area contributed by atoms with Gasteiger partial charge >= 0.3 is 0 Å². The van der Waals surface area contributed by atoms with E-state index in [1.807, 2.05) is 24.3 Å². The molecule has 2 atom stereocenters. The second kappa shape index (κ2) is 6.77. The van der Waals surface area contributed by atoms with Gasteiger partial charge in [0, 0.05) is 30.1 Å². The molecule has 118 valence electrons. The summed E-state index contributed by atoms with van der Waals surface area (Å²) in [6.07, 6.45) is 1.49. The first kappa shape index (κ1) is 15.5. The molecular weight excluding hydrogens is 302 g/mol. The van der Waals surface area contributed by atoms with Crippen molar-refractivity contribution in [3.05, 3.63) is 35.2 Å². The number of aromatic nitrogens is 2. The highest BCUT2D eigenvalue weighted by atomic mass is 35.5. The summed E-state index contributed by atoms with van der Waals surface area (Å²) in [4.78, 5) is 6.67. The second-order valence-corrected chi connectivity index (χ2v) is 6.34. The molecule has 5 nitrogen and oxygen atoms in total. The Hall–Kier alpha value is -1.43. The summed E-state index contributed by atoms with van der Waals surface area (Å²) < 4.78 is 5.31. The fourth-order valence-electron chi connectivity index (χ4n) is 2.64. The first-order valence-electron chi connectivity index (χ1n) is 7.61. The third kappa shape index (κ3) is 3.66. The van der Waals surface area contributed by atoms with Gasteiger partial charge in [-0.15, -0.1) is 0 Å². The van der Waals surface area contributed by atoms with Gasteiger partial charge in [0.1, 0.15) is 0 Å². The maximum Gasteiger partial charge on any atom is 0.228 e. The van der Waals surface area contributed by atoms with Crippen LogP contribution >= 0.6 is 11.6 Å². The predicted molar refractivity (Wildman–Crippen MR) is 84.7 cm³/mol. The van der Waals surface area contributed by atoms with Crippen LogP contribution < -0.4 is 0 Å². The van der Waals surface area contributed by atoms with Crippen LogP contribution in [0.2, 0.25) is 5.02 Å². The topological polar surface area (TPSA) is 62.4 Å². The van der Waals surface area contributed by atoms with Crippen LogP contribution in [-0.2, 0) is 6.42 Å². The predicted octanol–water partition coefficient (Wildman–Crippen LogP) is 2.64. The standard InChI is InChI=1S/C16H20ClN3O2/c1-11-6-8-20(10-14(11)21)9-7-15-18-16(19-22-15)12-2-4-13(17)5-3-12/h2-5,11,14,21H,6-10H2,1H3. The van der Waals surface area contributed by atoms with E-state index < -0.39 is 0 Å². The highest BCUT2D eigenvalue weighted by molar-refractivity contribution is 6.30. The summed E-state index contributed by atoms with van der Waals surface area (Å²) in [6, 6.07) is 7.37. The molecule has 1 aromatic carbocycles. The van der Waals surface area contributed by atoms with Crippen molar-refractivity contribution < 1.29 is 9.63 Å². The summed E-state index contributed by atoms with van der Waals surface area (Å²) in [6.45, 7) is 4.65. The van der Waals surface area contributed by atoms with Crippen LogP contribution in [0.3, 0.4) is 0 Å². The molecule has 1 N–H and O–H groups in total. The number of aliphatic hydroxyl groups excluding tert-OH is 1. The Bertz CT molecular complexity index is 614. The van der Waals surface area contributed by atoms with Gasteiger partial charge in [0.2, 0.25) is 11.7 Å². The van der Waals surface area contributed by atoms with E-state index in [1.54, 1.807) is 0 Å². The van der Waals surface area contributed by atoms with Gasteiger partial charge < -0.3 is 14.5 Å². The van der Waals surface area contributed by atoms with Crippen LogP contribution in [0.4, 0.5) is 0 Å². The molecule has 0 radical (unpaired) electrons. The first-order valence-corrected chi connectivity index (χ1v) is 7.98. The van der Waals surface area contributed by atoms with E-state index in [4.69, 9.17) is 16.1 Å². The zero-order chi connectivity index (χ0) is 15.5. The van der Waals surface area contributed by atoms with Crippen molar-refractivity contribution in [1.82, 2.24) is 15.0 Å². The van der Waals surface area contributed by atoms with E-state index in [-0.39, 0.29) is 6.10 Å². The van der Waals surface area contributed by atoms with E-state index >= 15 is 0 Å². The van der Waals surface area contributed by atoms with Gasteiger partial charge in [0.25, 0.3) is 0 Å². The number of β-amino-alcohol motifs (C(OH)–C–C–N with tert-alkyl or cyclic N) is 1. The zero-order valence-electron chi connectivity index (χ0n) is 12.6. The Morgan fingerprint density at radius 2 is 2.14 bits per heavy atom. The molecule has 3 rings (SSSR count). The number of nitrogens with zero attached hydrogens (tertiary/aromatic N) is 3. The van der Waals surface area contributed by atoms with Crippen molar-refractivity contribution in [2.45, 2.75) is 25.9 Å². The smallest absolute Gasteiger partial charge is 0.228 e. The average molecular weight is 322 g/mol. The van der Waals surface area contributed by atoms with Crippen LogP contribution in [0.25, 0.3) is 11.4 Å². The molecule has 1 aromatic heterocycles. The van der Waals surface area contributed by atoms with Gasteiger partial charge in [0.15, 0.2) is 0 Å². The molecule has 0 aliphatic carbocycles. The zero-order valence-corrected chi connectivity index (χ0v) is 13.3. The lowest BCUT2D eigenvalue weighted by Gasteiger charge is -2.33. The minimum absolute atomic E-state index is 0.235. The Labute approximate surface area is 134 Å². The van der Waals surface area contributed by atoms with Gasteiger partial charge in [-0.25, -0.2) is 0 Å². The van der Waals surface area contributed by atoms with Crippen LogP contribution in [0, 0.1) is 5.92 Å². The highest BCUT2D eigenvalue weighted by Gasteiger charge is 2.24. The van der Waals surface area contributed by atoms with Crippen LogP contribution in [0.5, 0.6) is 0 Å². The normalized spacial score (nSPS) is 22.9. The average Bonchev–Trinajstić information content (AvgIpc) is 2.98. The molecule has 1 saturated heterocycles. The third-order valence-corrected chi connectivity index (χ3v) is 4.47. The van der Waals surface area contributed by atoms with Crippen molar-refractivity contribution in [1.29, 1.82) is 0 Å². The quantitative estimate of drug-likeness (QED) is 0.938. The molecule has 0 spiro atoms. The van der Waals surface area contributed by atoms with Gasteiger partial charge in [-0.2, -0.15) is 4.98 Å². The monoisotopic (exact) mass is 321 g/mol. The number of hydrogen-bond acceptors (Lipinski definition) is 5. The number of likely N-dealkylation sites (tertiary alicyclic amines) is 1. The Morgan fingerprint density at radius 1 is 1.36 bits per heavy atom. The van der Waals surface area contributed by atoms with Gasteiger partial charge in [-0.05, 0) is 43.1 Å². The van der Waals surface area contributed by atoms with Crippen molar-refractivity contribution in [2.24, 2.45) is 5.92 Å². The maximum absolute atomic E-state index is 9.92. The Balaban J connectivity index is 1.57. The lowest BCUT2D eigenvalue weighted by Crippen LogP contribution is -2.43. The molecular formula is C16H20ClN3O2. The molecule has 2 heterocycles. The molecule has 0 amide bonds. The van der Waals surface area contributed by atoms with E-state index in [1.165, 1.54) is 0 Å². The van der Waals surface area contributed by atoms with Gasteiger partial charge in [-0.1, -0.05) is 23.7 Å². The third-order valence-electron chi connectivity index (χ3n) is 4.22. The molecule has 0 saturated carbocycles. The molecule has 1 aliphatic rings. The molecule has 0 bridgehead atoms. The molecule has 2 unspecified atom stereocenters. The van der Waals surface area contributed by atoms with E-state index in [0.717, 1.165) is 31.6 Å². The van der Waals surface area contributed by atoms with Crippen molar-refractivity contribution in [2.75, 3.05) is 19.6 Å². The number of hydrogen-bond donors (Lipinski definition) is 1. The lowest BCUT2D eigenvalue weighted by atomic mass is 9.96. The summed E-state index contributed by atoms with van der Waals surface area (Å²) >= 11 is 5.87. The first-order chi connectivity index (χ1) is 10.6. The fraction of sp³-hybridized carbons (Fsp3) is 0.500. The molecule has 22 heavy (non-hydrogen) atoms. The minimum Gasteiger partial charge on any atom is -0.392 e. The molecule has 1 fully saturated rings. The summed E-state index contributed by atoms with van der Waals surface area (Å²) in [5, 5.41) is 14.6. The van der Waals surface area contributed by atoms with Crippen molar-refractivity contribution in [3.8, 4) is 11.4 Å². The van der Waals surface area contributed by atoms with Crippen molar-refractivity contribution >= 4 is 11.6 Å². The molecule has 2 aromatic rings. The number of rotatable bonds is 4. The highest BCUT2D eigenvalue weighted by Crippen LogP contribution is 2.20. The number of halogens is 1. The summed E-state index contributed by atoms with van der Waals surface area (Å²) in [7, 11) is 0. The van der Waals surface area contributed by atoms with Gasteiger partial charge in [0.05, 0.1) is 6.10 Å². The van der Waals surface area contributed by atoms with Gasteiger partial charge in [-0.3, -0.25) is 0 Å². The van der Waals surface area contributed by atoms with Crippen LogP contribution in [0.1, 0.15) is 19.2 Å². The van der Waals surface area contributed by atoms with Crippen LogP contribution in [0.15, 0.2) is 28.8 Å². The fourth-order valence-corrected chi connectivity index (χ4v) is 2.77. The molecule has 1 aliphatic heterocycles. The van der Waals surface area contributed by atoms with E-state index in [0.29, 0.717) is 29.1 Å². The maximum atomic E-state index is 9.92.